The van der Waals surface area contributed by atoms with Crippen LogP contribution in [0.4, 0.5) is 5.69 Å². The topological polar surface area (TPSA) is 69.2 Å². The number of hydrogen-bond acceptors (Lipinski definition) is 4. The van der Waals surface area contributed by atoms with Gasteiger partial charge in [0.15, 0.2) is 5.96 Å². The number of guanidine groups is 1. The smallest absolute Gasteiger partial charge is 0.227 e. The molecule has 0 unspecified atom stereocenters. The molecular weight excluding hydrogens is 354 g/mol. The number of nitrogens with one attached hydrogen (secondary N) is 2. The zero-order valence-electron chi connectivity index (χ0n) is 17.5. The zero-order valence-corrected chi connectivity index (χ0v) is 17.5. The van der Waals surface area contributed by atoms with Gasteiger partial charge in [-0.05, 0) is 44.5 Å². The molecule has 1 aliphatic heterocycles. The summed E-state index contributed by atoms with van der Waals surface area (Å²) in [6, 6.07) is 8.14. The lowest BCUT2D eigenvalue weighted by Gasteiger charge is -2.18. The van der Waals surface area contributed by atoms with Crippen LogP contribution in [0.3, 0.4) is 0 Å². The molecule has 0 atom stereocenters. The van der Waals surface area contributed by atoms with Gasteiger partial charge >= 0.3 is 0 Å². The van der Waals surface area contributed by atoms with Gasteiger partial charge in [0.25, 0.3) is 0 Å². The van der Waals surface area contributed by atoms with Crippen molar-refractivity contribution in [3.8, 4) is 0 Å². The summed E-state index contributed by atoms with van der Waals surface area (Å²) in [5, 5.41) is 6.68. The Morgan fingerprint density at radius 2 is 2.04 bits per heavy atom. The minimum atomic E-state index is 0.219. The summed E-state index contributed by atoms with van der Waals surface area (Å²) in [6.07, 6.45) is 2.65. The molecule has 0 bridgehead atoms. The minimum absolute atomic E-state index is 0.219. The zero-order chi connectivity index (χ0) is 20.2. The Morgan fingerprint density at radius 1 is 1.25 bits per heavy atom. The van der Waals surface area contributed by atoms with Crippen LogP contribution in [0.15, 0.2) is 29.3 Å². The van der Waals surface area contributed by atoms with Crippen molar-refractivity contribution in [2.24, 2.45) is 4.99 Å². The molecular formula is C21H35N5O2. The predicted molar refractivity (Wildman–Crippen MR) is 115 cm³/mol. The highest BCUT2D eigenvalue weighted by atomic mass is 16.5. The molecule has 0 saturated carbocycles. The fourth-order valence-electron chi connectivity index (χ4n) is 3.17. The third-order valence-electron chi connectivity index (χ3n) is 4.76. The molecule has 0 aliphatic carbocycles. The number of ether oxygens (including phenoxy) is 1. The van der Waals surface area contributed by atoms with Gasteiger partial charge in [-0.3, -0.25) is 4.79 Å². The van der Waals surface area contributed by atoms with E-state index in [9.17, 15) is 4.79 Å². The Morgan fingerprint density at radius 3 is 2.68 bits per heavy atom. The van der Waals surface area contributed by atoms with Gasteiger partial charge in [0, 0.05) is 58.5 Å². The van der Waals surface area contributed by atoms with Crippen molar-refractivity contribution >= 4 is 17.6 Å². The largest absolute Gasteiger partial charge is 0.385 e. The van der Waals surface area contributed by atoms with Gasteiger partial charge in [-0.25, -0.2) is 4.99 Å². The normalized spacial score (nSPS) is 14.8. The number of benzene rings is 1. The van der Waals surface area contributed by atoms with Crippen molar-refractivity contribution in [1.82, 2.24) is 15.5 Å². The second-order valence-electron chi connectivity index (χ2n) is 7.09. The molecule has 156 valence electrons. The van der Waals surface area contributed by atoms with Gasteiger partial charge in [-0.1, -0.05) is 12.1 Å². The first kappa shape index (κ1) is 22.2. The molecule has 1 aromatic carbocycles. The number of hydrogen-bond donors (Lipinski definition) is 2. The van der Waals surface area contributed by atoms with Gasteiger partial charge in [-0.2, -0.15) is 0 Å². The maximum atomic E-state index is 11.8. The van der Waals surface area contributed by atoms with Gasteiger partial charge in [0.2, 0.25) is 5.91 Å². The van der Waals surface area contributed by atoms with E-state index in [4.69, 9.17) is 4.74 Å². The number of nitrogens with zero attached hydrogens (tertiary/aromatic N) is 3. The number of aliphatic imine (C=N–C) groups is 1. The van der Waals surface area contributed by atoms with Crippen molar-refractivity contribution in [2.75, 3.05) is 58.4 Å². The van der Waals surface area contributed by atoms with E-state index < -0.39 is 0 Å². The minimum Gasteiger partial charge on any atom is -0.385 e. The molecule has 1 amide bonds. The van der Waals surface area contributed by atoms with E-state index >= 15 is 0 Å². The maximum absolute atomic E-state index is 11.8. The molecule has 2 N–H and O–H groups in total. The van der Waals surface area contributed by atoms with E-state index in [1.807, 2.05) is 17.0 Å². The lowest BCUT2D eigenvalue weighted by molar-refractivity contribution is -0.117. The number of amides is 1. The first-order valence-corrected chi connectivity index (χ1v) is 10.2. The number of anilines is 1. The molecule has 1 fully saturated rings. The highest BCUT2D eigenvalue weighted by Crippen LogP contribution is 2.21. The van der Waals surface area contributed by atoms with Crippen molar-refractivity contribution < 1.29 is 9.53 Å². The maximum Gasteiger partial charge on any atom is 0.227 e. The van der Waals surface area contributed by atoms with E-state index in [0.29, 0.717) is 13.0 Å². The monoisotopic (exact) mass is 389 g/mol. The van der Waals surface area contributed by atoms with Crippen molar-refractivity contribution in [3.05, 3.63) is 29.8 Å². The third kappa shape index (κ3) is 7.48. The highest BCUT2D eigenvalue weighted by Gasteiger charge is 2.21. The molecule has 28 heavy (non-hydrogen) atoms. The molecule has 7 nitrogen and oxygen atoms in total. The van der Waals surface area contributed by atoms with Crippen molar-refractivity contribution in [3.63, 3.8) is 0 Å². The standard InChI is InChI=1S/C21H35N5O2/c1-4-22-21(23-12-15-25(2)13-6-16-28-3)24-17-18-8-10-19(11-9-18)26-14-5-7-20(26)27/h8-11H,4-7,12-17H2,1-3H3,(H2,22,23,24). The summed E-state index contributed by atoms with van der Waals surface area (Å²) in [6.45, 7) is 7.93. The number of carbonyl (C=O) groups excluding carboxylic acids is 1. The summed E-state index contributed by atoms with van der Waals surface area (Å²) in [5.74, 6) is 1.04. The van der Waals surface area contributed by atoms with Crippen LogP contribution in [0, 0.1) is 0 Å². The van der Waals surface area contributed by atoms with Crippen molar-refractivity contribution in [2.45, 2.75) is 32.7 Å². The van der Waals surface area contributed by atoms with Crippen LogP contribution in [0.2, 0.25) is 0 Å². The second-order valence-corrected chi connectivity index (χ2v) is 7.09. The molecule has 0 radical (unpaired) electrons. The average Bonchev–Trinajstić information content (AvgIpc) is 3.12. The molecule has 1 heterocycles. The number of likely N-dealkylation sites (N-methyl/N-ethyl adjacent to an activating group) is 1. The van der Waals surface area contributed by atoms with E-state index in [0.717, 1.165) is 69.4 Å². The van der Waals surface area contributed by atoms with Crippen LogP contribution in [0.5, 0.6) is 0 Å². The van der Waals surface area contributed by atoms with Crippen LogP contribution < -0.4 is 15.5 Å². The van der Waals surface area contributed by atoms with Crippen LogP contribution in [-0.2, 0) is 16.1 Å². The number of carbonyl (C=O) groups is 1. The SMILES string of the molecule is CCNC(=NCc1ccc(N2CCCC2=O)cc1)NCCN(C)CCCOC. The van der Waals surface area contributed by atoms with E-state index in [2.05, 4.69) is 46.6 Å². The lowest BCUT2D eigenvalue weighted by Crippen LogP contribution is -2.41. The summed E-state index contributed by atoms with van der Waals surface area (Å²) >= 11 is 0. The Bertz CT molecular complexity index is 618. The quantitative estimate of drug-likeness (QED) is 0.343. The van der Waals surface area contributed by atoms with Gasteiger partial charge in [0.1, 0.15) is 0 Å². The van der Waals surface area contributed by atoms with Crippen LogP contribution in [0.25, 0.3) is 0 Å². The third-order valence-corrected chi connectivity index (χ3v) is 4.76. The highest BCUT2D eigenvalue weighted by molar-refractivity contribution is 5.95. The fraction of sp³-hybridized carbons (Fsp3) is 0.619. The summed E-state index contributed by atoms with van der Waals surface area (Å²) in [4.78, 5) is 20.7. The summed E-state index contributed by atoms with van der Waals surface area (Å²) in [7, 11) is 3.86. The molecule has 7 heteroatoms. The van der Waals surface area contributed by atoms with Crippen LogP contribution >= 0.6 is 0 Å². The Hall–Kier alpha value is -2.12. The van der Waals surface area contributed by atoms with E-state index in [-0.39, 0.29) is 5.91 Å². The first-order valence-electron chi connectivity index (χ1n) is 10.2. The molecule has 2 rings (SSSR count). The van der Waals surface area contributed by atoms with E-state index in [1.54, 1.807) is 7.11 Å². The first-order chi connectivity index (χ1) is 13.6. The fourth-order valence-corrected chi connectivity index (χ4v) is 3.17. The van der Waals surface area contributed by atoms with Crippen molar-refractivity contribution in [1.29, 1.82) is 0 Å². The number of rotatable bonds is 11. The average molecular weight is 390 g/mol. The Balaban J connectivity index is 1.80. The van der Waals surface area contributed by atoms with E-state index in [1.165, 1.54) is 0 Å². The Kier molecular flexibility index (Phi) is 9.79. The van der Waals surface area contributed by atoms with Gasteiger partial charge < -0.3 is 25.2 Å². The second kappa shape index (κ2) is 12.4. The van der Waals surface area contributed by atoms with Crippen LogP contribution in [-0.4, -0.2) is 70.3 Å². The van der Waals surface area contributed by atoms with Gasteiger partial charge in [-0.15, -0.1) is 0 Å². The summed E-state index contributed by atoms with van der Waals surface area (Å²) < 4.78 is 5.09. The van der Waals surface area contributed by atoms with Gasteiger partial charge in [0.05, 0.1) is 6.54 Å². The lowest BCUT2D eigenvalue weighted by atomic mass is 10.2. The molecule has 0 spiro atoms. The van der Waals surface area contributed by atoms with Crippen LogP contribution in [0.1, 0.15) is 31.7 Å². The summed E-state index contributed by atoms with van der Waals surface area (Å²) in [5.41, 5.74) is 2.11. The Labute approximate surface area is 169 Å². The molecule has 1 saturated heterocycles. The predicted octanol–water partition coefficient (Wildman–Crippen LogP) is 1.84. The molecule has 1 aliphatic rings. The molecule has 0 aromatic heterocycles. The molecule has 1 aromatic rings. The number of methoxy groups -OCH3 is 1.